The molecule has 0 unspecified atom stereocenters. The molecule has 0 aromatic carbocycles. The van der Waals surface area contributed by atoms with Gasteiger partial charge in [-0.2, -0.15) is 0 Å². The van der Waals surface area contributed by atoms with Crippen molar-refractivity contribution in [2.45, 2.75) is 6.92 Å². The molecule has 90 valence electrons. The molecule has 1 aliphatic heterocycles. The average molecular weight is 227 g/mol. The van der Waals surface area contributed by atoms with Gasteiger partial charge in [0.25, 0.3) is 0 Å². The molecule has 1 rings (SSSR count). The minimum Gasteiger partial charge on any atom is -0.481 e. The molecular weight excluding hydrogens is 210 g/mol. The SMILES string of the molecule is C=CCOCC(=O)N1C[C@@H](C)[C@H](C(=O)O)C1. The van der Waals surface area contributed by atoms with Gasteiger partial charge in [-0.25, -0.2) is 0 Å². The van der Waals surface area contributed by atoms with Gasteiger partial charge in [-0.3, -0.25) is 9.59 Å². The standard InChI is InChI=1S/C11H17NO4/c1-3-4-16-7-10(13)12-5-8(2)9(6-12)11(14)15/h3,8-9H,1,4-7H2,2H3,(H,14,15)/t8-,9-/m1/s1. The number of likely N-dealkylation sites (tertiary alicyclic amines) is 1. The van der Waals surface area contributed by atoms with Crippen LogP contribution in [0.25, 0.3) is 0 Å². The number of hydrogen-bond acceptors (Lipinski definition) is 3. The summed E-state index contributed by atoms with van der Waals surface area (Å²) >= 11 is 0. The summed E-state index contributed by atoms with van der Waals surface area (Å²) in [6.45, 7) is 6.42. The van der Waals surface area contributed by atoms with Gasteiger partial charge in [0.2, 0.25) is 5.91 Å². The minimum atomic E-state index is -0.838. The molecule has 16 heavy (non-hydrogen) atoms. The lowest BCUT2D eigenvalue weighted by Crippen LogP contribution is -2.33. The Bertz CT molecular complexity index is 290. The lowest BCUT2D eigenvalue weighted by molar-refractivity contribution is -0.142. The molecule has 1 N–H and O–H groups in total. The van der Waals surface area contributed by atoms with Crippen LogP contribution in [0.3, 0.4) is 0 Å². The van der Waals surface area contributed by atoms with Crippen molar-refractivity contribution in [3.8, 4) is 0 Å². The number of hydrogen-bond donors (Lipinski definition) is 1. The molecule has 0 aromatic heterocycles. The maximum absolute atomic E-state index is 11.6. The van der Waals surface area contributed by atoms with Crippen molar-refractivity contribution in [3.05, 3.63) is 12.7 Å². The molecule has 5 nitrogen and oxygen atoms in total. The first-order valence-corrected chi connectivity index (χ1v) is 5.25. The third-order valence-electron chi connectivity index (χ3n) is 2.74. The third-order valence-corrected chi connectivity index (χ3v) is 2.74. The van der Waals surface area contributed by atoms with Crippen molar-refractivity contribution >= 4 is 11.9 Å². The Labute approximate surface area is 94.7 Å². The van der Waals surface area contributed by atoms with Crippen LogP contribution in [0.5, 0.6) is 0 Å². The number of carbonyl (C=O) groups excluding carboxylic acids is 1. The fraction of sp³-hybridized carbons (Fsp3) is 0.636. The maximum atomic E-state index is 11.6. The minimum absolute atomic E-state index is 0.000791. The van der Waals surface area contributed by atoms with Gasteiger partial charge in [0.15, 0.2) is 0 Å². The van der Waals surface area contributed by atoms with Gasteiger partial charge in [0, 0.05) is 13.1 Å². The quantitative estimate of drug-likeness (QED) is 0.544. The number of carbonyl (C=O) groups is 2. The highest BCUT2D eigenvalue weighted by Crippen LogP contribution is 2.23. The van der Waals surface area contributed by atoms with Crippen LogP contribution < -0.4 is 0 Å². The van der Waals surface area contributed by atoms with Crippen LogP contribution in [-0.2, 0) is 14.3 Å². The summed E-state index contributed by atoms with van der Waals surface area (Å²) in [5.74, 6) is -1.45. The first-order valence-electron chi connectivity index (χ1n) is 5.25. The fourth-order valence-electron chi connectivity index (χ4n) is 1.81. The summed E-state index contributed by atoms with van der Waals surface area (Å²) in [6, 6.07) is 0. The molecule has 1 aliphatic rings. The number of ether oxygens (including phenoxy) is 1. The number of aliphatic carboxylic acids is 1. The number of carboxylic acid groups (broad SMARTS) is 1. The van der Waals surface area contributed by atoms with Crippen LogP contribution in [-0.4, -0.2) is 48.2 Å². The number of rotatable bonds is 5. The van der Waals surface area contributed by atoms with E-state index in [0.29, 0.717) is 13.2 Å². The van der Waals surface area contributed by atoms with Gasteiger partial charge < -0.3 is 14.7 Å². The van der Waals surface area contributed by atoms with Crippen LogP contribution in [0.1, 0.15) is 6.92 Å². The van der Waals surface area contributed by atoms with Gasteiger partial charge in [0.05, 0.1) is 12.5 Å². The molecule has 0 aliphatic carbocycles. The number of amides is 1. The zero-order valence-electron chi connectivity index (χ0n) is 9.39. The van der Waals surface area contributed by atoms with E-state index in [9.17, 15) is 9.59 Å². The van der Waals surface area contributed by atoms with E-state index in [4.69, 9.17) is 9.84 Å². The Kier molecular flexibility index (Phi) is 4.49. The molecule has 0 radical (unpaired) electrons. The highest BCUT2D eigenvalue weighted by molar-refractivity contribution is 5.79. The van der Waals surface area contributed by atoms with Crippen LogP contribution in [0, 0.1) is 11.8 Å². The molecular formula is C11H17NO4. The molecule has 1 fully saturated rings. The number of nitrogens with zero attached hydrogens (tertiary/aromatic N) is 1. The van der Waals surface area contributed by atoms with Gasteiger partial charge in [-0.05, 0) is 5.92 Å². The van der Waals surface area contributed by atoms with Gasteiger partial charge in [-0.15, -0.1) is 6.58 Å². The summed E-state index contributed by atoms with van der Waals surface area (Å²) in [5.41, 5.74) is 0. The van der Waals surface area contributed by atoms with E-state index in [0.717, 1.165) is 0 Å². The van der Waals surface area contributed by atoms with Crippen LogP contribution in [0.15, 0.2) is 12.7 Å². The van der Waals surface area contributed by atoms with Gasteiger partial charge >= 0.3 is 5.97 Å². The van der Waals surface area contributed by atoms with E-state index in [1.807, 2.05) is 6.92 Å². The molecule has 5 heteroatoms. The Morgan fingerprint density at radius 1 is 1.56 bits per heavy atom. The monoisotopic (exact) mass is 227 g/mol. The van der Waals surface area contributed by atoms with E-state index in [1.165, 1.54) is 0 Å². The maximum Gasteiger partial charge on any atom is 0.308 e. The Morgan fingerprint density at radius 3 is 2.75 bits per heavy atom. The second-order valence-corrected chi connectivity index (χ2v) is 4.02. The molecule has 2 atom stereocenters. The Morgan fingerprint density at radius 2 is 2.25 bits per heavy atom. The van der Waals surface area contributed by atoms with Crippen molar-refractivity contribution in [2.75, 3.05) is 26.3 Å². The predicted molar refractivity (Wildman–Crippen MR) is 57.9 cm³/mol. The zero-order chi connectivity index (χ0) is 12.1. The molecule has 1 amide bonds. The highest BCUT2D eigenvalue weighted by atomic mass is 16.5. The topological polar surface area (TPSA) is 66.8 Å². The fourth-order valence-corrected chi connectivity index (χ4v) is 1.81. The highest BCUT2D eigenvalue weighted by Gasteiger charge is 2.36. The lowest BCUT2D eigenvalue weighted by atomic mass is 9.99. The summed E-state index contributed by atoms with van der Waals surface area (Å²) in [4.78, 5) is 24.0. The van der Waals surface area contributed by atoms with E-state index < -0.39 is 11.9 Å². The lowest BCUT2D eigenvalue weighted by Gasteiger charge is -2.15. The molecule has 1 saturated heterocycles. The van der Waals surface area contributed by atoms with Gasteiger partial charge in [0.1, 0.15) is 6.61 Å². The second-order valence-electron chi connectivity index (χ2n) is 4.02. The predicted octanol–water partition coefficient (Wildman–Crippen LogP) is 0.368. The molecule has 0 saturated carbocycles. The largest absolute Gasteiger partial charge is 0.481 e. The molecule has 0 aromatic rings. The molecule has 0 bridgehead atoms. The first-order chi connectivity index (χ1) is 7.56. The van der Waals surface area contributed by atoms with E-state index in [2.05, 4.69) is 6.58 Å². The smallest absolute Gasteiger partial charge is 0.308 e. The van der Waals surface area contributed by atoms with Crippen molar-refractivity contribution < 1.29 is 19.4 Å². The van der Waals surface area contributed by atoms with Crippen LogP contribution in [0.4, 0.5) is 0 Å². The van der Waals surface area contributed by atoms with Crippen molar-refractivity contribution in [1.29, 1.82) is 0 Å². The number of carboxylic acids is 1. The normalized spacial score (nSPS) is 24.4. The van der Waals surface area contributed by atoms with Crippen LogP contribution >= 0.6 is 0 Å². The summed E-state index contributed by atoms with van der Waals surface area (Å²) < 4.78 is 5.03. The Balaban J connectivity index is 2.42. The average Bonchev–Trinajstić information content (AvgIpc) is 2.60. The van der Waals surface area contributed by atoms with Crippen molar-refractivity contribution in [1.82, 2.24) is 4.90 Å². The molecule has 0 spiro atoms. The van der Waals surface area contributed by atoms with E-state index >= 15 is 0 Å². The van der Waals surface area contributed by atoms with Crippen LogP contribution in [0.2, 0.25) is 0 Å². The van der Waals surface area contributed by atoms with Gasteiger partial charge in [-0.1, -0.05) is 13.0 Å². The first kappa shape index (κ1) is 12.7. The van der Waals surface area contributed by atoms with Crippen molar-refractivity contribution in [3.63, 3.8) is 0 Å². The summed E-state index contributed by atoms with van der Waals surface area (Å²) in [6.07, 6.45) is 1.57. The second kappa shape index (κ2) is 5.65. The van der Waals surface area contributed by atoms with E-state index in [1.54, 1.807) is 11.0 Å². The van der Waals surface area contributed by atoms with Crippen molar-refractivity contribution in [2.24, 2.45) is 11.8 Å². The van der Waals surface area contributed by atoms with E-state index in [-0.39, 0.29) is 25.0 Å². The molecule has 1 heterocycles. The zero-order valence-corrected chi connectivity index (χ0v) is 9.39. The Hall–Kier alpha value is -1.36. The third kappa shape index (κ3) is 3.06. The summed E-state index contributed by atoms with van der Waals surface area (Å²) in [7, 11) is 0. The summed E-state index contributed by atoms with van der Waals surface area (Å²) in [5, 5.41) is 8.91.